The average Bonchev–Trinajstić information content (AvgIpc) is 2.50. The van der Waals surface area contributed by atoms with Crippen LogP contribution in [0.2, 0.25) is 0 Å². The molecule has 3 nitrogen and oxygen atoms in total. The summed E-state index contributed by atoms with van der Waals surface area (Å²) in [7, 11) is 0. The van der Waals surface area contributed by atoms with E-state index in [0.29, 0.717) is 29.3 Å². The summed E-state index contributed by atoms with van der Waals surface area (Å²) in [6.45, 7) is 0.376. The molecule has 0 amide bonds. The zero-order valence-corrected chi connectivity index (χ0v) is 13.5. The molecule has 4 aliphatic rings. The fourth-order valence-electron chi connectivity index (χ4n) is 4.56. The number of carbonyl (C=O) groups excluding carboxylic acids is 1. The summed E-state index contributed by atoms with van der Waals surface area (Å²) in [6, 6.07) is 10.3. The van der Waals surface area contributed by atoms with Gasteiger partial charge >= 0.3 is 5.97 Å². The van der Waals surface area contributed by atoms with Gasteiger partial charge in [0.1, 0.15) is 12.1 Å². The average molecular weight is 350 g/mol. The quantitative estimate of drug-likeness (QED) is 0.673. The molecule has 112 valence electrons. The van der Waals surface area contributed by atoms with Crippen LogP contribution >= 0.6 is 15.9 Å². The van der Waals surface area contributed by atoms with Gasteiger partial charge in [0.25, 0.3) is 0 Å². The molecule has 4 fully saturated rings. The molecule has 5 atom stereocenters. The number of carbonyl (C=O) groups is 1. The first-order valence-corrected chi connectivity index (χ1v) is 8.71. The number of piperidine rings is 2. The molecule has 21 heavy (non-hydrogen) atoms. The maximum Gasteiger partial charge on any atom is 0.326 e. The third-order valence-electron chi connectivity index (χ3n) is 5.37. The highest BCUT2D eigenvalue weighted by molar-refractivity contribution is 9.09. The van der Waals surface area contributed by atoms with Gasteiger partial charge in [0, 0.05) is 10.9 Å². The standard InChI is InChI=1S/C17H20BrNO2/c18-15-13-6-12-7-14(15)19-17(8-12,9-13)16(20)21-10-11-4-2-1-3-5-11/h1-5,12-15,19H,6-10H2. The second-order valence-electron chi connectivity index (χ2n) is 6.84. The molecule has 2 aliphatic carbocycles. The number of esters is 1. The number of nitrogens with one attached hydrogen (secondary N) is 1. The summed E-state index contributed by atoms with van der Waals surface area (Å²) in [4.78, 5) is 13.2. The van der Waals surface area contributed by atoms with E-state index in [9.17, 15) is 4.79 Å². The lowest BCUT2D eigenvalue weighted by atomic mass is 9.59. The summed E-state index contributed by atoms with van der Waals surface area (Å²) in [5, 5.41) is 3.59. The lowest BCUT2D eigenvalue weighted by molar-refractivity contribution is -0.162. The number of hydrogen-bond acceptors (Lipinski definition) is 3. The molecular formula is C17H20BrNO2. The van der Waals surface area contributed by atoms with E-state index in [2.05, 4.69) is 21.2 Å². The van der Waals surface area contributed by atoms with Crippen molar-refractivity contribution in [1.29, 1.82) is 0 Å². The summed E-state index contributed by atoms with van der Waals surface area (Å²) >= 11 is 3.81. The van der Waals surface area contributed by atoms with Crippen molar-refractivity contribution in [3.05, 3.63) is 35.9 Å². The Labute approximate surface area is 133 Å². The Morgan fingerprint density at radius 3 is 2.86 bits per heavy atom. The van der Waals surface area contributed by atoms with Crippen molar-refractivity contribution in [1.82, 2.24) is 5.32 Å². The Balaban J connectivity index is 1.47. The molecule has 1 N–H and O–H groups in total. The number of alkyl halides is 1. The molecule has 4 heteroatoms. The Bertz CT molecular complexity index is 531. The predicted octanol–water partition coefficient (Wildman–Crippen LogP) is 3.02. The molecule has 1 aromatic rings. The van der Waals surface area contributed by atoms with Crippen molar-refractivity contribution in [3.8, 4) is 0 Å². The molecule has 2 aliphatic heterocycles. The fourth-order valence-corrected chi connectivity index (χ4v) is 5.31. The van der Waals surface area contributed by atoms with Crippen LogP contribution in [0, 0.1) is 11.8 Å². The molecule has 1 aromatic carbocycles. The van der Waals surface area contributed by atoms with Crippen molar-refractivity contribution < 1.29 is 9.53 Å². The van der Waals surface area contributed by atoms with Gasteiger partial charge in [0.05, 0.1) is 0 Å². The van der Waals surface area contributed by atoms with Gasteiger partial charge in [-0.2, -0.15) is 0 Å². The van der Waals surface area contributed by atoms with E-state index >= 15 is 0 Å². The van der Waals surface area contributed by atoms with Crippen molar-refractivity contribution in [3.63, 3.8) is 0 Å². The largest absolute Gasteiger partial charge is 0.459 e. The number of hydrogen-bond donors (Lipinski definition) is 1. The first kappa shape index (κ1) is 13.8. The molecule has 0 radical (unpaired) electrons. The van der Waals surface area contributed by atoms with Crippen LogP contribution in [0.1, 0.15) is 31.2 Å². The van der Waals surface area contributed by atoms with Gasteiger partial charge < -0.3 is 4.74 Å². The molecule has 2 saturated carbocycles. The van der Waals surface area contributed by atoms with E-state index in [1.807, 2.05) is 30.3 Å². The highest BCUT2D eigenvalue weighted by atomic mass is 79.9. The molecular weight excluding hydrogens is 330 g/mol. The smallest absolute Gasteiger partial charge is 0.326 e. The molecule has 4 bridgehead atoms. The van der Waals surface area contributed by atoms with Crippen LogP contribution in [-0.4, -0.2) is 22.4 Å². The number of rotatable bonds is 3. The lowest BCUT2D eigenvalue weighted by Crippen LogP contribution is -2.71. The minimum Gasteiger partial charge on any atom is -0.459 e. The SMILES string of the molecule is O=C(OCc1ccccc1)C12CC3CC(C1)C(Br)C(C3)N2. The zero-order chi connectivity index (χ0) is 14.4. The normalized spacial score (nSPS) is 40.2. The molecule has 2 heterocycles. The fraction of sp³-hybridized carbons (Fsp3) is 0.588. The molecule has 0 aromatic heterocycles. The Hall–Kier alpha value is -0.870. The Kier molecular flexibility index (Phi) is 3.34. The van der Waals surface area contributed by atoms with Crippen LogP contribution in [0.3, 0.4) is 0 Å². The first-order valence-electron chi connectivity index (χ1n) is 7.79. The van der Waals surface area contributed by atoms with Gasteiger partial charge in [0.15, 0.2) is 0 Å². The van der Waals surface area contributed by atoms with Gasteiger partial charge in [-0.3, -0.25) is 10.1 Å². The van der Waals surface area contributed by atoms with E-state index in [-0.39, 0.29) is 5.97 Å². The molecule has 5 unspecified atom stereocenters. The third-order valence-corrected chi connectivity index (χ3v) is 6.76. The van der Waals surface area contributed by atoms with E-state index in [1.54, 1.807) is 0 Å². The van der Waals surface area contributed by atoms with Crippen LogP contribution < -0.4 is 5.32 Å². The maximum absolute atomic E-state index is 12.7. The van der Waals surface area contributed by atoms with Crippen LogP contribution in [0.15, 0.2) is 30.3 Å². The Morgan fingerprint density at radius 1 is 1.29 bits per heavy atom. The van der Waals surface area contributed by atoms with Gasteiger partial charge in [-0.25, -0.2) is 0 Å². The summed E-state index contributed by atoms with van der Waals surface area (Å²) < 4.78 is 5.63. The van der Waals surface area contributed by atoms with E-state index in [4.69, 9.17) is 4.74 Å². The lowest BCUT2D eigenvalue weighted by Gasteiger charge is -2.58. The highest BCUT2D eigenvalue weighted by Gasteiger charge is 2.58. The van der Waals surface area contributed by atoms with Gasteiger partial charge in [-0.15, -0.1) is 0 Å². The van der Waals surface area contributed by atoms with Crippen LogP contribution in [0.25, 0.3) is 0 Å². The van der Waals surface area contributed by atoms with E-state index < -0.39 is 5.54 Å². The Morgan fingerprint density at radius 2 is 2.10 bits per heavy atom. The van der Waals surface area contributed by atoms with Crippen molar-refractivity contribution in [2.24, 2.45) is 11.8 Å². The maximum atomic E-state index is 12.7. The predicted molar refractivity (Wildman–Crippen MR) is 84.1 cm³/mol. The van der Waals surface area contributed by atoms with Crippen LogP contribution in [-0.2, 0) is 16.1 Å². The third kappa shape index (κ3) is 2.33. The van der Waals surface area contributed by atoms with Gasteiger partial charge in [-0.1, -0.05) is 46.3 Å². The number of ether oxygens (including phenoxy) is 1. The second kappa shape index (κ2) is 5.10. The topological polar surface area (TPSA) is 38.3 Å². The minimum absolute atomic E-state index is 0.0508. The summed E-state index contributed by atoms with van der Waals surface area (Å²) in [6.07, 6.45) is 4.33. The first-order chi connectivity index (χ1) is 10.2. The van der Waals surface area contributed by atoms with Gasteiger partial charge in [-0.05, 0) is 43.1 Å². The number of halogens is 1. The summed E-state index contributed by atoms with van der Waals surface area (Å²) in [5.74, 6) is 1.26. The van der Waals surface area contributed by atoms with Crippen molar-refractivity contribution in [2.45, 2.75) is 48.7 Å². The van der Waals surface area contributed by atoms with Gasteiger partial charge in [0.2, 0.25) is 0 Å². The van der Waals surface area contributed by atoms with E-state index in [0.717, 1.165) is 18.4 Å². The monoisotopic (exact) mass is 349 g/mol. The highest BCUT2D eigenvalue weighted by Crippen LogP contribution is 2.52. The molecule has 2 saturated heterocycles. The minimum atomic E-state index is -0.421. The van der Waals surface area contributed by atoms with E-state index in [1.165, 1.54) is 12.8 Å². The number of benzene rings is 1. The van der Waals surface area contributed by atoms with Crippen molar-refractivity contribution in [2.75, 3.05) is 0 Å². The second-order valence-corrected chi connectivity index (χ2v) is 7.90. The summed E-state index contributed by atoms with van der Waals surface area (Å²) in [5.41, 5.74) is 0.629. The van der Waals surface area contributed by atoms with Crippen molar-refractivity contribution >= 4 is 21.9 Å². The molecule has 0 spiro atoms. The molecule has 5 rings (SSSR count). The van der Waals surface area contributed by atoms with Crippen LogP contribution in [0.4, 0.5) is 0 Å². The zero-order valence-electron chi connectivity index (χ0n) is 11.9. The van der Waals surface area contributed by atoms with Crippen LogP contribution in [0.5, 0.6) is 0 Å².